The van der Waals surface area contributed by atoms with Crippen LogP contribution in [0.25, 0.3) is 0 Å². The number of benzene rings is 2. The number of rotatable bonds is 9. The van der Waals surface area contributed by atoms with Crippen molar-refractivity contribution in [2.24, 2.45) is 0 Å². The van der Waals surface area contributed by atoms with Crippen LogP contribution in [0.5, 0.6) is 0 Å². The van der Waals surface area contributed by atoms with Gasteiger partial charge in [-0.1, -0.05) is 60.7 Å². The molecule has 0 bridgehead atoms. The van der Waals surface area contributed by atoms with Gasteiger partial charge in [-0.3, -0.25) is 9.59 Å². The molecule has 0 atom stereocenters. The largest absolute Gasteiger partial charge is 0.352 e. The summed E-state index contributed by atoms with van der Waals surface area (Å²) in [5.41, 5.74) is 2.75. The van der Waals surface area contributed by atoms with Gasteiger partial charge < -0.3 is 10.6 Å². The van der Waals surface area contributed by atoms with Crippen molar-refractivity contribution in [2.45, 2.75) is 32.6 Å². The zero-order valence-corrected chi connectivity index (χ0v) is 17.2. The van der Waals surface area contributed by atoms with Crippen LogP contribution in [0.2, 0.25) is 0 Å². The third-order valence-corrected chi connectivity index (χ3v) is 5.20. The smallest absolute Gasteiger partial charge is 0.251 e. The lowest BCUT2D eigenvalue weighted by atomic mass is 10.1. The normalized spacial score (nSPS) is 10.5. The number of hydrogen-bond donors (Lipinski definition) is 2. The fraction of sp³-hybridized carbons (Fsp3) is 0.273. The Morgan fingerprint density at radius 2 is 1.69 bits per heavy atom. The van der Waals surface area contributed by atoms with Crippen molar-refractivity contribution in [3.63, 3.8) is 0 Å². The van der Waals surface area contributed by atoms with Crippen molar-refractivity contribution < 1.29 is 9.59 Å². The van der Waals surface area contributed by atoms with Gasteiger partial charge in [0.25, 0.3) is 5.91 Å². The zero-order valence-electron chi connectivity index (χ0n) is 16.4. The average molecular weight is 409 g/mol. The van der Waals surface area contributed by atoms with E-state index >= 15 is 0 Å². The number of nitrogens with zero attached hydrogens (tertiary/aromatic N) is 2. The number of anilines is 1. The van der Waals surface area contributed by atoms with Gasteiger partial charge >= 0.3 is 0 Å². The van der Waals surface area contributed by atoms with Gasteiger partial charge in [-0.2, -0.15) is 0 Å². The molecule has 3 aromatic rings. The van der Waals surface area contributed by atoms with Gasteiger partial charge in [0.2, 0.25) is 11.0 Å². The SMILES string of the molecule is CCCNC(=O)c1ccc(CCc2nnc(NC(=O)Cc3ccccc3)s2)cc1. The third kappa shape index (κ3) is 6.50. The molecule has 150 valence electrons. The fourth-order valence-electron chi connectivity index (χ4n) is 2.76. The van der Waals surface area contributed by atoms with E-state index in [1.807, 2.05) is 61.5 Å². The third-order valence-electron chi connectivity index (χ3n) is 4.30. The number of aromatic nitrogens is 2. The Bertz CT molecular complexity index is 939. The van der Waals surface area contributed by atoms with E-state index in [9.17, 15) is 9.59 Å². The minimum atomic E-state index is -0.101. The Kier molecular flexibility index (Phi) is 7.47. The van der Waals surface area contributed by atoms with Gasteiger partial charge in [-0.05, 0) is 36.1 Å². The fourth-order valence-corrected chi connectivity index (χ4v) is 3.52. The summed E-state index contributed by atoms with van der Waals surface area (Å²) in [4.78, 5) is 24.1. The molecule has 1 heterocycles. The predicted molar refractivity (Wildman–Crippen MR) is 115 cm³/mol. The first kappa shape index (κ1) is 20.7. The molecular formula is C22H24N4O2S. The maximum absolute atomic E-state index is 12.1. The summed E-state index contributed by atoms with van der Waals surface area (Å²) in [6.45, 7) is 2.71. The van der Waals surface area contributed by atoms with Crippen LogP contribution in [0.1, 0.15) is 39.8 Å². The highest BCUT2D eigenvalue weighted by Gasteiger charge is 2.10. The molecule has 2 N–H and O–H groups in total. The summed E-state index contributed by atoms with van der Waals surface area (Å²) in [6.07, 6.45) is 2.76. The molecule has 2 aromatic carbocycles. The number of carbonyl (C=O) groups excluding carboxylic acids is 2. The number of nitrogens with one attached hydrogen (secondary N) is 2. The van der Waals surface area contributed by atoms with Crippen LogP contribution < -0.4 is 10.6 Å². The molecule has 1 aromatic heterocycles. The molecule has 0 aliphatic rings. The molecule has 3 rings (SSSR count). The molecule has 0 saturated heterocycles. The van der Waals surface area contributed by atoms with Gasteiger partial charge in [0.05, 0.1) is 6.42 Å². The highest BCUT2D eigenvalue weighted by atomic mass is 32.1. The first-order valence-corrected chi connectivity index (χ1v) is 10.5. The standard InChI is InChI=1S/C22H24N4O2S/c1-2-14-23-21(28)18-11-8-16(9-12-18)10-13-20-25-26-22(29-20)24-19(27)15-17-6-4-3-5-7-17/h3-9,11-12H,2,10,13-15H2,1H3,(H,23,28)(H,24,26,27). The van der Waals surface area contributed by atoms with Crippen LogP contribution in [-0.4, -0.2) is 28.6 Å². The minimum Gasteiger partial charge on any atom is -0.352 e. The molecule has 0 radical (unpaired) electrons. The van der Waals surface area contributed by atoms with Crippen molar-refractivity contribution >= 4 is 28.3 Å². The van der Waals surface area contributed by atoms with E-state index in [1.165, 1.54) is 11.3 Å². The summed E-state index contributed by atoms with van der Waals surface area (Å²) in [5.74, 6) is -0.144. The molecule has 0 fully saturated rings. The molecule has 0 unspecified atom stereocenters. The van der Waals surface area contributed by atoms with Crippen LogP contribution in [0.3, 0.4) is 0 Å². The van der Waals surface area contributed by atoms with Crippen LogP contribution in [0.4, 0.5) is 5.13 Å². The Morgan fingerprint density at radius 3 is 2.41 bits per heavy atom. The monoisotopic (exact) mass is 408 g/mol. The van der Waals surface area contributed by atoms with Gasteiger partial charge in [-0.25, -0.2) is 0 Å². The molecule has 0 aliphatic heterocycles. The van der Waals surface area contributed by atoms with Crippen LogP contribution in [0.15, 0.2) is 54.6 Å². The topological polar surface area (TPSA) is 84.0 Å². The Morgan fingerprint density at radius 1 is 0.931 bits per heavy atom. The second kappa shape index (κ2) is 10.5. The van der Waals surface area contributed by atoms with E-state index in [0.717, 1.165) is 35.4 Å². The van der Waals surface area contributed by atoms with Crippen molar-refractivity contribution in [3.05, 3.63) is 76.3 Å². The maximum atomic E-state index is 12.1. The molecule has 0 saturated carbocycles. The van der Waals surface area contributed by atoms with Crippen LogP contribution >= 0.6 is 11.3 Å². The van der Waals surface area contributed by atoms with E-state index in [1.54, 1.807) is 0 Å². The van der Waals surface area contributed by atoms with Crippen molar-refractivity contribution in [1.29, 1.82) is 0 Å². The minimum absolute atomic E-state index is 0.0431. The summed E-state index contributed by atoms with van der Waals surface area (Å²) >= 11 is 1.39. The summed E-state index contributed by atoms with van der Waals surface area (Å²) in [5, 5.41) is 15.3. The van der Waals surface area contributed by atoms with Gasteiger partial charge in [0, 0.05) is 18.5 Å². The molecule has 2 amide bonds. The Balaban J connectivity index is 1.47. The average Bonchev–Trinajstić information content (AvgIpc) is 3.18. The van der Waals surface area contributed by atoms with Gasteiger partial charge in [-0.15, -0.1) is 10.2 Å². The molecule has 6 nitrogen and oxygen atoms in total. The van der Waals surface area contributed by atoms with Crippen molar-refractivity contribution in [2.75, 3.05) is 11.9 Å². The van der Waals surface area contributed by atoms with E-state index in [2.05, 4.69) is 20.8 Å². The molecular weight excluding hydrogens is 384 g/mol. The summed E-state index contributed by atoms with van der Waals surface area (Å²) in [7, 11) is 0. The quantitative estimate of drug-likeness (QED) is 0.566. The van der Waals surface area contributed by atoms with Gasteiger partial charge in [0.1, 0.15) is 5.01 Å². The molecule has 0 spiro atoms. The number of amides is 2. The lowest BCUT2D eigenvalue weighted by Gasteiger charge is -2.04. The van der Waals surface area contributed by atoms with E-state index in [0.29, 0.717) is 23.7 Å². The Hall–Kier alpha value is -3.06. The number of aryl methyl sites for hydroxylation is 2. The first-order chi connectivity index (χ1) is 14.1. The first-order valence-electron chi connectivity index (χ1n) is 9.67. The molecule has 0 aliphatic carbocycles. The van der Waals surface area contributed by atoms with Crippen molar-refractivity contribution in [3.8, 4) is 0 Å². The lowest BCUT2D eigenvalue weighted by Crippen LogP contribution is -2.23. The predicted octanol–water partition coefficient (Wildman–Crippen LogP) is 3.64. The van der Waals surface area contributed by atoms with Crippen molar-refractivity contribution in [1.82, 2.24) is 15.5 Å². The maximum Gasteiger partial charge on any atom is 0.251 e. The summed E-state index contributed by atoms with van der Waals surface area (Å²) in [6, 6.07) is 17.2. The zero-order chi connectivity index (χ0) is 20.5. The molecule has 7 heteroatoms. The highest BCUT2D eigenvalue weighted by molar-refractivity contribution is 7.15. The van der Waals surface area contributed by atoms with Crippen LogP contribution in [0, 0.1) is 0 Å². The van der Waals surface area contributed by atoms with Gasteiger partial charge in [0.15, 0.2) is 0 Å². The van der Waals surface area contributed by atoms with Crippen LogP contribution in [-0.2, 0) is 24.1 Å². The molecule has 29 heavy (non-hydrogen) atoms. The number of hydrogen-bond acceptors (Lipinski definition) is 5. The van der Waals surface area contributed by atoms with E-state index in [4.69, 9.17) is 0 Å². The highest BCUT2D eigenvalue weighted by Crippen LogP contribution is 2.18. The van der Waals surface area contributed by atoms with E-state index < -0.39 is 0 Å². The van der Waals surface area contributed by atoms with E-state index in [-0.39, 0.29) is 11.8 Å². The number of carbonyl (C=O) groups is 2. The second-order valence-electron chi connectivity index (χ2n) is 6.66. The lowest BCUT2D eigenvalue weighted by molar-refractivity contribution is -0.115. The second-order valence-corrected chi connectivity index (χ2v) is 7.73. The summed E-state index contributed by atoms with van der Waals surface area (Å²) < 4.78 is 0. The Labute approximate surface area is 174 Å².